The normalized spacial score (nSPS) is 10.7. The van der Waals surface area contributed by atoms with Gasteiger partial charge in [0.25, 0.3) is 0 Å². The number of hydrogen-bond donors (Lipinski definition) is 0. The molecule has 1 aromatic carbocycles. The van der Waals surface area contributed by atoms with E-state index in [0.29, 0.717) is 18.2 Å². The summed E-state index contributed by atoms with van der Waals surface area (Å²) in [5.41, 5.74) is 1.98. The van der Waals surface area contributed by atoms with Crippen molar-refractivity contribution in [1.29, 1.82) is 0 Å². The fourth-order valence-corrected chi connectivity index (χ4v) is 1.80. The van der Waals surface area contributed by atoms with Gasteiger partial charge in [0.1, 0.15) is 0 Å². The van der Waals surface area contributed by atoms with Crippen LogP contribution in [0.4, 0.5) is 0 Å². The van der Waals surface area contributed by atoms with E-state index in [1.807, 2.05) is 24.3 Å². The SMILES string of the molecule is CC(C)Cc1ccccc1C(=O)CCCl. The highest BCUT2D eigenvalue weighted by Crippen LogP contribution is 2.15. The smallest absolute Gasteiger partial charge is 0.164 e. The monoisotopic (exact) mass is 224 g/mol. The van der Waals surface area contributed by atoms with Crippen LogP contribution in [0.15, 0.2) is 24.3 Å². The van der Waals surface area contributed by atoms with Crippen molar-refractivity contribution in [3.05, 3.63) is 35.4 Å². The average molecular weight is 225 g/mol. The molecule has 0 saturated heterocycles. The Morgan fingerprint density at radius 1 is 1.33 bits per heavy atom. The van der Waals surface area contributed by atoms with Crippen molar-refractivity contribution in [2.24, 2.45) is 5.92 Å². The quantitative estimate of drug-likeness (QED) is 0.551. The van der Waals surface area contributed by atoms with E-state index < -0.39 is 0 Å². The standard InChI is InChI=1S/C13H17ClO/c1-10(2)9-11-5-3-4-6-12(11)13(15)7-8-14/h3-6,10H,7-9H2,1-2H3. The van der Waals surface area contributed by atoms with Crippen LogP contribution in [0.25, 0.3) is 0 Å². The van der Waals surface area contributed by atoms with E-state index in [1.165, 1.54) is 0 Å². The molecule has 0 fully saturated rings. The average Bonchev–Trinajstić information content (AvgIpc) is 2.18. The molecule has 1 aromatic rings. The number of hydrogen-bond acceptors (Lipinski definition) is 1. The van der Waals surface area contributed by atoms with Crippen LogP contribution < -0.4 is 0 Å². The summed E-state index contributed by atoms with van der Waals surface area (Å²) in [5, 5.41) is 0. The van der Waals surface area contributed by atoms with Crippen molar-refractivity contribution in [3.63, 3.8) is 0 Å². The fourth-order valence-electron chi connectivity index (χ4n) is 1.63. The minimum Gasteiger partial charge on any atom is -0.294 e. The predicted octanol–water partition coefficient (Wildman–Crippen LogP) is 3.70. The van der Waals surface area contributed by atoms with Gasteiger partial charge in [-0.05, 0) is 17.9 Å². The Morgan fingerprint density at radius 2 is 2.00 bits per heavy atom. The molecule has 15 heavy (non-hydrogen) atoms. The van der Waals surface area contributed by atoms with E-state index >= 15 is 0 Å². The Kier molecular flexibility index (Phi) is 4.83. The first kappa shape index (κ1) is 12.3. The second-order valence-electron chi connectivity index (χ2n) is 4.12. The Labute approximate surface area is 96.5 Å². The van der Waals surface area contributed by atoms with E-state index in [9.17, 15) is 4.79 Å². The first-order valence-electron chi connectivity index (χ1n) is 5.32. The lowest BCUT2D eigenvalue weighted by Gasteiger charge is -2.09. The molecule has 0 aliphatic carbocycles. The maximum atomic E-state index is 11.8. The van der Waals surface area contributed by atoms with Crippen LogP contribution >= 0.6 is 11.6 Å². The van der Waals surface area contributed by atoms with E-state index in [-0.39, 0.29) is 5.78 Å². The lowest BCUT2D eigenvalue weighted by Crippen LogP contribution is -2.06. The summed E-state index contributed by atoms with van der Waals surface area (Å²) in [6, 6.07) is 7.81. The van der Waals surface area contributed by atoms with Crippen LogP contribution in [0.3, 0.4) is 0 Å². The lowest BCUT2D eigenvalue weighted by molar-refractivity contribution is 0.0988. The number of Topliss-reactive ketones (excluding diaryl/α,β-unsaturated/α-hetero) is 1. The highest BCUT2D eigenvalue weighted by molar-refractivity contribution is 6.19. The summed E-state index contributed by atoms with van der Waals surface area (Å²) >= 11 is 5.58. The Hall–Kier alpha value is -0.820. The van der Waals surface area contributed by atoms with Crippen LogP contribution in [-0.4, -0.2) is 11.7 Å². The van der Waals surface area contributed by atoms with Crippen LogP contribution in [0.1, 0.15) is 36.2 Å². The van der Waals surface area contributed by atoms with Gasteiger partial charge in [-0.2, -0.15) is 0 Å². The van der Waals surface area contributed by atoms with Gasteiger partial charge < -0.3 is 0 Å². The van der Waals surface area contributed by atoms with Gasteiger partial charge in [0, 0.05) is 17.9 Å². The van der Waals surface area contributed by atoms with Crippen molar-refractivity contribution in [2.75, 3.05) is 5.88 Å². The van der Waals surface area contributed by atoms with Gasteiger partial charge in [-0.1, -0.05) is 38.1 Å². The molecule has 1 nitrogen and oxygen atoms in total. The van der Waals surface area contributed by atoms with Crippen LogP contribution in [-0.2, 0) is 6.42 Å². The largest absolute Gasteiger partial charge is 0.294 e. The summed E-state index contributed by atoms with van der Waals surface area (Å²) in [6.45, 7) is 4.31. The number of rotatable bonds is 5. The molecule has 0 atom stereocenters. The fraction of sp³-hybridized carbons (Fsp3) is 0.462. The third-order valence-corrected chi connectivity index (χ3v) is 2.46. The molecule has 0 aliphatic rings. The number of alkyl halides is 1. The number of halogens is 1. The Morgan fingerprint density at radius 3 is 2.60 bits per heavy atom. The number of ketones is 1. The molecule has 0 bridgehead atoms. The van der Waals surface area contributed by atoms with Crippen molar-refractivity contribution in [1.82, 2.24) is 0 Å². The molecule has 82 valence electrons. The third kappa shape index (κ3) is 3.67. The van der Waals surface area contributed by atoms with Gasteiger partial charge in [-0.15, -0.1) is 11.6 Å². The lowest BCUT2D eigenvalue weighted by atomic mass is 9.95. The van der Waals surface area contributed by atoms with E-state index in [2.05, 4.69) is 13.8 Å². The predicted molar refractivity (Wildman–Crippen MR) is 64.7 cm³/mol. The van der Waals surface area contributed by atoms with Crippen molar-refractivity contribution >= 4 is 17.4 Å². The summed E-state index contributed by atoms with van der Waals surface area (Å²) in [4.78, 5) is 11.8. The maximum Gasteiger partial charge on any atom is 0.164 e. The van der Waals surface area contributed by atoms with Gasteiger partial charge in [0.2, 0.25) is 0 Å². The molecular formula is C13H17ClO. The second-order valence-corrected chi connectivity index (χ2v) is 4.50. The van der Waals surface area contributed by atoms with Crippen LogP contribution in [0.5, 0.6) is 0 Å². The number of benzene rings is 1. The zero-order valence-corrected chi connectivity index (χ0v) is 10.1. The summed E-state index contributed by atoms with van der Waals surface area (Å²) in [6.07, 6.45) is 1.38. The minimum absolute atomic E-state index is 0.154. The van der Waals surface area contributed by atoms with Gasteiger partial charge in [-0.25, -0.2) is 0 Å². The van der Waals surface area contributed by atoms with Crippen LogP contribution in [0.2, 0.25) is 0 Å². The third-order valence-electron chi connectivity index (χ3n) is 2.27. The molecule has 0 aromatic heterocycles. The van der Waals surface area contributed by atoms with Crippen molar-refractivity contribution in [2.45, 2.75) is 26.7 Å². The van der Waals surface area contributed by atoms with Crippen LogP contribution in [0, 0.1) is 5.92 Å². The highest BCUT2D eigenvalue weighted by atomic mass is 35.5. The molecule has 0 unspecified atom stereocenters. The first-order valence-corrected chi connectivity index (χ1v) is 5.85. The second kappa shape index (κ2) is 5.92. The number of carbonyl (C=O) groups is 1. The van der Waals surface area contributed by atoms with Crippen molar-refractivity contribution in [3.8, 4) is 0 Å². The maximum absolute atomic E-state index is 11.8. The summed E-state index contributed by atoms with van der Waals surface area (Å²) in [7, 11) is 0. The van der Waals surface area contributed by atoms with Gasteiger partial charge in [0.05, 0.1) is 0 Å². The molecule has 0 saturated carbocycles. The Bertz CT molecular complexity index is 331. The molecule has 0 heterocycles. The molecule has 0 amide bonds. The molecular weight excluding hydrogens is 208 g/mol. The van der Waals surface area contributed by atoms with Gasteiger partial charge >= 0.3 is 0 Å². The van der Waals surface area contributed by atoms with Crippen molar-refractivity contribution < 1.29 is 4.79 Å². The van der Waals surface area contributed by atoms with E-state index in [1.54, 1.807) is 0 Å². The van der Waals surface area contributed by atoms with E-state index in [4.69, 9.17) is 11.6 Å². The van der Waals surface area contributed by atoms with E-state index in [0.717, 1.165) is 17.5 Å². The highest BCUT2D eigenvalue weighted by Gasteiger charge is 2.10. The van der Waals surface area contributed by atoms with Gasteiger partial charge in [0.15, 0.2) is 5.78 Å². The van der Waals surface area contributed by atoms with Gasteiger partial charge in [-0.3, -0.25) is 4.79 Å². The molecule has 1 rings (SSSR count). The zero-order valence-electron chi connectivity index (χ0n) is 9.29. The molecule has 2 heteroatoms. The zero-order chi connectivity index (χ0) is 11.3. The minimum atomic E-state index is 0.154. The first-order chi connectivity index (χ1) is 7.15. The molecule has 0 spiro atoms. The molecule has 0 aliphatic heterocycles. The molecule has 0 N–H and O–H groups in total. The topological polar surface area (TPSA) is 17.1 Å². The Balaban J connectivity index is 2.90. The molecule has 0 radical (unpaired) electrons. The number of carbonyl (C=O) groups excluding carboxylic acids is 1. The summed E-state index contributed by atoms with van der Waals surface area (Å²) in [5.74, 6) is 1.12. The summed E-state index contributed by atoms with van der Waals surface area (Å²) < 4.78 is 0.